The van der Waals surface area contributed by atoms with E-state index in [1.54, 1.807) is 17.5 Å². The van der Waals surface area contributed by atoms with E-state index >= 15 is 0 Å². The van der Waals surface area contributed by atoms with Gasteiger partial charge in [0.1, 0.15) is 4.21 Å². The quantitative estimate of drug-likeness (QED) is 0.744. The molecule has 0 radical (unpaired) electrons. The van der Waals surface area contributed by atoms with Crippen molar-refractivity contribution in [3.8, 4) is 0 Å². The molecule has 1 aliphatic heterocycles. The summed E-state index contributed by atoms with van der Waals surface area (Å²) in [6.07, 6.45) is 3.43. The van der Waals surface area contributed by atoms with Gasteiger partial charge in [-0.15, -0.1) is 11.3 Å². The van der Waals surface area contributed by atoms with E-state index in [9.17, 15) is 8.42 Å². The van der Waals surface area contributed by atoms with Gasteiger partial charge in [0.15, 0.2) is 0 Å². The third-order valence-electron chi connectivity index (χ3n) is 4.79. The summed E-state index contributed by atoms with van der Waals surface area (Å²) in [5, 5.41) is 2.94. The van der Waals surface area contributed by atoms with E-state index in [4.69, 9.17) is 0 Å². The molecule has 1 N–H and O–H groups in total. The standard InChI is InChI=1S/C19H21N3O2S2/c1-14-4-5-17-16(13-14)18(6-9-20-17)22-10-7-15(8-11-22)21-26(23,24)19-3-2-12-25-19/h2-6,9,12-13,15,21H,7-8,10-11H2,1H3. The Balaban J connectivity index is 1.48. The van der Waals surface area contributed by atoms with Gasteiger partial charge < -0.3 is 4.90 Å². The summed E-state index contributed by atoms with van der Waals surface area (Å²) < 4.78 is 28.0. The van der Waals surface area contributed by atoms with Crippen molar-refractivity contribution < 1.29 is 8.42 Å². The molecule has 1 saturated heterocycles. The van der Waals surface area contributed by atoms with Crippen molar-refractivity contribution >= 4 is 38.0 Å². The minimum Gasteiger partial charge on any atom is -0.371 e. The summed E-state index contributed by atoms with van der Waals surface area (Å²) in [5.74, 6) is 0. The Kier molecular flexibility index (Phi) is 4.69. The van der Waals surface area contributed by atoms with Crippen molar-refractivity contribution in [2.45, 2.75) is 30.0 Å². The fourth-order valence-corrected chi connectivity index (χ4v) is 5.77. The van der Waals surface area contributed by atoms with Crippen LogP contribution < -0.4 is 9.62 Å². The van der Waals surface area contributed by atoms with Crippen molar-refractivity contribution in [2.24, 2.45) is 0 Å². The summed E-state index contributed by atoms with van der Waals surface area (Å²) in [4.78, 5) is 6.79. The lowest BCUT2D eigenvalue weighted by Gasteiger charge is -2.34. The van der Waals surface area contributed by atoms with Crippen LogP contribution in [0.2, 0.25) is 0 Å². The van der Waals surface area contributed by atoms with Gasteiger partial charge in [0.25, 0.3) is 0 Å². The van der Waals surface area contributed by atoms with Crippen LogP contribution in [0.5, 0.6) is 0 Å². The van der Waals surface area contributed by atoms with Crippen molar-refractivity contribution in [2.75, 3.05) is 18.0 Å². The molecule has 1 fully saturated rings. The molecule has 3 heterocycles. The molecular formula is C19H21N3O2S2. The molecule has 5 nitrogen and oxygen atoms in total. The number of anilines is 1. The molecule has 7 heteroatoms. The summed E-state index contributed by atoms with van der Waals surface area (Å²) in [6, 6.07) is 11.7. The molecule has 26 heavy (non-hydrogen) atoms. The van der Waals surface area contributed by atoms with Crippen LogP contribution in [-0.2, 0) is 10.0 Å². The van der Waals surface area contributed by atoms with Gasteiger partial charge >= 0.3 is 0 Å². The highest BCUT2D eigenvalue weighted by Gasteiger charge is 2.25. The van der Waals surface area contributed by atoms with E-state index in [1.165, 1.54) is 22.6 Å². The lowest BCUT2D eigenvalue weighted by atomic mass is 10.0. The van der Waals surface area contributed by atoms with Crippen LogP contribution in [0, 0.1) is 6.92 Å². The van der Waals surface area contributed by atoms with E-state index < -0.39 is 10.0 Å². The number of hydrogen-bond donors (Lipinski definition) is 1. The number of aromatic nitrogens is 1. The van der Waals surface area contributed by atoms with Crippen LogP contribution in [0.1, 0.15) is 18.4 Å². The highest BCUT2D eigenvalue weighted by Crippen LogP contribution is 2.29. The SMILES string of the molecule is Cc1ccc2nccc(N3CCC(NS(=O)(=O)c4cccs4)CC3)c2c1. The molecular weight excluding hydrogens is 366 g/mol. The van der Waals surface area contributed by atoms with E-state index in [-0.39, 0.29) is 6.04 Å². The molecule has 0 atom stereocenters. The Morgan fingerprint density at radius 1 is 1.19 bits per heavy atom. The van der Waals surface area contributed by atoms with E-state index in [1.807, 2.05) is 6.20 Å². The second-order valence-electron chi connectivity index (χ2n) is 6.67. The lowest BCUT2D eigenvalue weighted by Crippen LogP contribution is -2.44. The van der Waals surface area contributed by atoms with E-state index in [0.29, 0.717) is 4.21 Å². The third-order valence-corrected chi connectivity index (χ3v) is 7.71. The first-order valence-electron chi connectivity index (χ1n) is 8.69. The van der Waals surface area contributed by atoms with Crippen LogP contribution in [0.4, 0.5) is 5.69 Å². The number of benzene rings is 1. The van der Waals surface area contributed by atoms with Crippen molar-refractivity contribution in [3.63, 3.8) is 0 Å². The van der Waals surface area contributed by atoms with Gasteiger partial charge in [-0.1, -0.05) is 17.7 Å². The summed E-state index contributed by atoms with van der Waals surface area (Å²) in [7, 11) is -3.40. The average Bonchev–Trinajstić information content (AvgIpc) is 3.17. The summed E-state index contributed by atoms with van der Waals surface area (Å²) in [5.41, 5.74) is 3.39. The summed E-state index contributed by atoms with van der Waals surface area (Å²) in [6.45, 7) is 3.73. The molecule has 0 unspecified atom stereocenters. The van der Waals surface area contributed by atoms with Crippen molar-refractivity contribution in [1.82, 2.24) is 9.71 Å². The van der Waals surface area contributed by atoms with Gasteiger partial charge in [-0.25, -0.2) is 13.1 Å². The second-order valence-corrected chi connectivity index (χ2v) is 9.55. The van der Waals surface area contributed by atoms with Gasteiger partial charge in [0.2, 0.25) is 10.0 Å². The molecule has 2 aromatic heterocycles. The molecule has 1 aliphatic rings. The number of nitrogens with zero attached hydrogens (tertiary/aromatic N) is 2. The van der Waals surface area contributed by atoms with Crippen molar-refractivity contribution in [1.29, 1.82) is 0 Å². The maximum absolute atomic E-state index is 12.4. The minimum absolute atomic E-state index is 0.0202. The average molecular weight is 388 g/mol. The zero-order chi connectivity index (χ0) is 18.1. The Hall–Kier alpha value is -1.96. The van der Waals surface area contributed by atoms with Crippen molar-refractivity contribution in [3.05, 3.63) is 53.5 Å². The first-order chi connectivity index (χ1) is 12.5. The fraction of sp³-hybridized carbons (Fsp3) is 0.316. The maximum atomic E-state index is 12.4. The van der Waals surface area contributed by atoms with Gasteiger partial charge in [0.05, 0.1) is 5.52 Å². The molecule has 136 valence electrons. The number of fused-ring (bicyclic) bond motifs is 1. The molecule has 3 aromatic rings. The fourth-order valence-electron chi connectivity index (χ4n) is 3.45. The molecule has 1 aromatic carbocycles. The zero-order valence-corrected chi connectivity index (χ0v) is 16.2. The largest absolute Gasteiger partial charge is 0.371 e. The van der Waals surface area contributed by atoms with Crippen LogP contribution in [0.3, 0.4) is 0 Å². The first kappa shape index (κ1) is 17.5. The van der Waals surface area contributed by atoms with Crippen LogP contribution in [0.15, 0.2) is 52.2 Å². The number of thiophene rings is 1. The second kappa shape index (κ2) is 6.98. The highest BCUT2D eigenvalue weighted by molar-refractivity contribution is 7.91. The van der Waals surface area contributed by atoms with Gasteiger partial charge in [-0.3, -0.25) is 4.98 Å². The van der Waals surface area contributed by atoms with Gasteiger partial charge in [-0.05, 0) is 49.4 Å². The van der Waals surface area contributed by atoms with Crippen LogP contribution >= 0.6 is 11.3 Å². The minimum atomic E-state index is -3.40. The number of piperidine rings is 1. The molecule has 0 spiro atoms. The molecule has 0 aliphatic carbocycles. The predicted molar refractivity (Wildman–Crippen MR) is 106 cm³/mol. The molecule has 4 rings (SSSR count). The Labute approximate surface area is 157 Å². The molecule has 0 saturated carbocycles. The maximum Gasteiger partial charge on any atom is 0.250 e. The van der Waals surface area contributed by atoms with E-state index in [2.05, 4.69) is 45.8 Å². The normalized spacial score (nSPS) is 16.3. The molecule has 0 bridgehead atoms. The number of nitrogens with one attached hydrogen (secondary N) is 1. The first-order valence-corrected chi connectivity index (χ1v) is 11.1. The Morgan fingerprint density at radius 3 is 2.73 bits per heavy atom. The monoisotopic (exact) mass is 387 g/mol. The lowest BCUT2D eigenvalue weighted by molar-refractivity contribution is 0.461. The topological polar surface area (TPSA) is 62.3 Å². The van der Waals surface area contributed by atoms with Crippen LogP contribution in [-0.4, -0.2) is 32.5 Å². The van der Waals surface area contributed by atoms with Gasteiger partial charge in [-0.2, -0.15) is 0 Å². The van der Waals surface area contributed by atoms with E-state index in [0.717, 1.165) is 36.8 Å². The number of sulfonamides is 1. The zero-order valence-electron chi connectivity index (χ0n) is 14.6. The number of hydrogen-bond acceptors (Lipinski definition) is 5. The van der Waals surface area contributed by atoms with Gasteiger partial charge in [0, 0.05) is 36.4 Å². The summed E-state index contributed by atoms with van der Waals surface area (Å²) >= 11 is 1.25. The predicted octanol–water partition coefficient (Wildman–Crippen LogP) is 3.55. The molecule has 0 amide bonds. The van der Waals surface area contributed by atoms with Crippen LogP contribution in [0.25, 0.3) is 10.9 Å². The number of aryl methyl sites for hydroxylation is 1. The number of rotatable bonds is 4. The smallest absolute Gasteiger partial charge is 0.250 e. The number of pyridine rings is 1. The Bertz CT molecular complexity index is 1010. The highest BCUT2D eigenvalue weighted by atomic mass is 32.2. The Morgan fingerprint density at radius 2 is 2.00 bits per heavy atom. The third kappa shape index (κ3) is 3.47.